The van der Waals surface area contributed by atoms with Crippen molar-refractivity contribution >= 4 is 10.0 Å². The van der Waals surface area contributed by atoms with Gasteiger partial charge in [-0.05, 0) is 46.0 Å². The number of halogens is 1. The van der Waals surface area contributed by atoms with E-state index in [1.54, 1.807) is 0 Å². The van der Waals surface area contributed by atoms with E-state index in [1.807, 2.05) is 20.8 Å². The Balaban J connectivity index is 3.03. The fourth-order valence-electron chi connectivity index (χ4n) is 1.33. The summed E-state index contributed by atoms with van der Waals surface area (Å²) in [4.78, 5) is 0.0668. The zero-order chi connectivity index (χ0) is 14.0. The van der Waals surface area contributed by atoms with Crippen LogP contribution in [0, 0.1) is 5.82 Å². The van der Waals surface area contributed by atoms with E-state index in [4.69, 9.17) is 0 Å². The Morgan fingerprint density at radius 3 is 2.39 bits per heavy atom. The molecule has 0 fully saturated rings. The van der Waals surface area contributed by atoms with E-state index < -0.39 is 15.8 Å². The molecular weight excluding hydrogens is 255 g/mol. The molecule has 0 aliphatic rings. The fraction of sp³-hybridized carbons (Fsp3) is 0.500. The molecule has 0 amide bonds. The molecule has 1 aromatic rings. The summed E-state index contributed by atoms with van der Waals surface area (Å²) in [7, 11) is -2.21. The Morgan fingerprint density at radius 2 is 1.89 bits per heavy atom. The number of hydrogen-bond donors (Lipinski definition) is 2. The van der Waals surface area contributed by atoms with Crippen LogP contribution in [0.3, 0.4) is 0 Å². The molecule has 0 unspecified atom stereocenters. The first-order valence-electron chi connectivity index (χ1n) is 5.63. The Labute approximate surface area is 108 Å². The van der Waals surface area contributed by atoms with Crippen molar-refractivity contribution < 1.29 is 12.8 Å². The van der Waals surface area contributed by atoms with Crippen molar-refractivity contribution in [1.29, 1.82) is 0 Å². The van der Waals surface area contributed by atoms with Gasteiger partial charge in [0.1, 0.15) is 5.82 Å². The molecule has 0 heterocycles. The Bertz CT molecular complexity index is 521. The fourth-order valence-corrected chi connectivity index (χ4v) is 2.11. The average molecular weight is 274 g/mol. The minimum atomic E-state index is -3.54. The highest BCUT2D eigenvalue weighted by atomic mass is 32.2. The lowest BCUT2D eigenvalue weighted by atomic mass is 10.1. The second kappa shape index (κ2) is 5.34. The van der Waals surface area contributed by atoms with Crippen molar-refractivity contribution in [1.82, 2.24) is 10.0 Å². The van der Waals surface area contributed by atoms with Crippen molar-refractivity contribution in [2.75, 3.05) is 7.05 Å². The highest BCUT2D eigenvalue weighted by Crippen LogP contribution is 2.15. The number of rotatable bonds is 4. The molecular formula is C12H19FN2O2S. The quantitative estimate of drug-likeness (QED) is 0.877. The summed E-state index contributed by atoms with van der Waals surface area (Å²) in [6.45, 7) is 6.15. The van der Waals surface area contributed by atoms with Crippen LogP contribution >= 0.6 is 0 Å². The number of sulfonamides is 1. The second-order valence-electron chi connectivity index (χ2n) is 5.06. The summed E-state index contributed by atoms with van der Waals surface area (Å²) >= 11 is 0. The van der Waals surface area contributed by atoms with Crippen LogP contribution in [0.2, 0.25) is 0 Å². The SMILES string of the molecule is CNS(=O)(=O)c1ccc(F)c(CNC(C)(C)C)c1. The zero-order valence-electron chi connectivity index (χ0n) is 11.0. The summed E-state index contributed by atoms with van der Waals surface area (Å²) in [6.07, 6.45) is 0. The Morgan fingerprint density at radius 1 is 1.28 bits per heavy atom. The van der Waals surface area contributed by atoms with Gasteiger partial charge in [0.25, 0.3) is 0 Å². The molecule has 2 N–H and O–H groups in total. The predicted molar refractivity (Wildman–Crippen MR) is 69.2 cm³/mol. The van der Waals surface area contributed by atoms with E-state index in [2.05, 4.69) is 10.0 Å². The minimum absolute atomic E-state index is 0.0668. The van der Waals surface area contributed by atoms with Crippen LogP contribution in [0.1, 0.15) is 26.3 Å². The number of hydrogen-bond acceptors (Lipinski definition) is 3. The Kier molecular flexibility index (Phi) is 4.47. The van der Waals surface area contributed by atoms with Crippen LogP contribution < -0.4 is 10.0 Å². The smallest absolute Gasteiger partial charge is 0.240 e. The third kappa shape index (κ3) is 4.04. The Hall–Kier alpha value is -0.980. The third-order valence-corrected chi connectivity index (χ3v) is 3.82. The van der Waals surface area contributed by atoms with Crippen molar-refractivity contribution in [3.8, 4) is 0 Å². The molecule has 4 nitrogen and oxygen atoms in total. The van der Waals surface area contributed by atoms with Gasteiger partial charge < -0.3 is 5.32 Å². The molecule has 0 radical (unpaired) electrons. The van der Waals surface area contributed by atoms with Gasteiger partial charge in [-0.25, -0.2) is 17.5 Å². The summed E-state index contributed by atoms with van der Waals surface area (Å²) in [5.74, 6) is -0.415. The summed E-state index contributed by atoms with van der Waals surface area (Å²) < 4.78 is 39.0. The molecule has 0 bridgehead atoms. The van der Waals surface area contributed by atoms with E-state index in [1.165, 1.54) is 25.2 Å². The van der Waals surface area contributed by atoms with Gasteiger partial charge in [0, 0.05) is 17.6 Å². The standard InChI is InChI=1S/C12H19FN2O2S/c1-12(2,3)15-8-9-7-10(5-6-11(9)13)18(16,17)14-4/h5-7,14-15H,8H2,1-4H3. The first-order chi connectivity index (χ1) is 8.15. The monoisotopic (exact) mass is 274 g/mol. The minimum Gasteiger partial charge on any atom is -0.308 e. The molecule has 1 rings (SSSR count). The first kappa shape index (κ1) is 15.1. The van der Waals surface area contributed by atoms with Crippen LogP contribution in [-0.4, -0.2) is 21.0 Å². The van der Waals surface area contributed by atoms with E-state index >= 15 is 0 Å². The first-order valence-corrected chi connectivity index (χ1v) is 7.11. The number of nitrogens with one attached hydrogen (secondary N) is 2. The molecule has 0 aliphatic carbocycles. The van der Waals surface area contributed by atoms with Gasteiger partial charge in [0.05, 0.1) is 4.90 Å². The largest absolute Gasteiger partial charge is 0.308 e. The molecule has 0 saturated heterocycles. The van der Waals surface area contributed by atoms with Crippen LogP contribution in [-0.2, 0) is 16.6 Å². The molecule has 102 valence electrons. The van der Waals surface area contributed by atoms with Gasteiger partial charge in [-0.15, -0.1) is 0 Å². The summed E-state index contributed by atoms with van der Waals surface area (Å²) in [6, 6.07) is 3.77. The zero-order valence-corrected chi connectivity index (χ0v) is 11.9. The molecule has 0 atom stereocenters. The van der Waals surface area contributed by atoms with Crippen LogP contribution in [0.5, 0.6) is 0 Å². The van der Waals surface area contributed by atoms with Gasteiger partial charge in [-0.2, -0.15) is 0 Å². The highest BCUT2D eigenvalue weighted by molar-refractivity contribution is 7.89. The normalized spacial score (nSPS) is 12.7. The molecule has 0 aliphatic heterocycles. The third-order valence-electron chi connectivity index (χ3n) is 2.41. The van der Waals surface area contributed by atoms with Crippen LogP contribution in [0.15, 0.2) is 23.1 Å². The van der Waals surface area contributed by atoms with E-state index in [9.17, 15) is 12.8 Å². The van der Waals surface area contributed by atoms with Gasteiger partial charge in [-0.3, -0.25) is 0 Å². The molecule has 0 spiro atoms. The maximum absolute atomic E-state index is 13.6. The van der Waals surface area contributed by atoms with Gasteiger partial charge in [0.15, 0.2) is 0 Å². The van der Waals surface area contributed by atoms with E-state index in [-0.39, 0.29) is 17.0 Å². The van der Waals surface area contributed by atoms with Crippen molar-refractivity contribution in [2.45, 2.75) is 37.8 Å². The lowest BCUT2D eigenvalue weighted by Gasteiger charge is -2.21. The van der Waals surface area contributed by atoms with E-state index in [0.717, 1.165) is 0 Å². The summed E-state index contributed by atoms with van der Waals surface area (Å²) in [5, 5.41) is 3.12. The highest BCUT2D eigenvalue weighted by Gasteiger charge is 2.15. The molecule has 0 aromatic heterocycles. The number of benzene rings is 1. The van der Waals surface area contributed by atoms with Gasteiger partial charge in [0.2, 0.25) is 10.0 Å². The van der Waals surface area contributed by atoms with Gasteiger partial charge >= 0.3 is 0 Å². The van der Waals surface area contributed by atoms with Gasteiger partial charge in [-0.1, -0.05) is 0 Å². The maximum atomic E-state index is 13.6. The van der Waals surface area contributed by atoms with Crippen LogP contribution in [0.25, 0.3) is 0 Å². The summed E-state index contributed by atoms with van der Waals surface area (Å²) in [5.41, 5.74) is 0.172. The van der Waals surface area contributed by atoms with Crippen molar-refractivity contribution in [3.63, 3.8) is 0 Å². The predicted octanol–water partition coefficient (Wildman–Crippen LogP) is 1.62. The lowest BCUT2D eigenvalue weighted by Crippen LogP contribution is -2.35. The second-order valence-corrected chi connectivity index (χ2v) is 6.95. The topological polar surface area (TPSA) is 58.2 Å². The van der Waals surface area contributed by atoms with Crippen molar-refractivity contribution in [2.24, 2.45) is 0 Å². The molecule has 6 heteroatoms. The molecule has 18 heavy (non-hydrogen) atoms. The maximum Gasteiger partial charge on any atom is 0.240 e. The molecule has 1 aromatic carbocycles. The van der Waals surface area contributed by atoms with Crippen LogP contribution in [0.4, 0.5) is 4.39 Å². The lowest BCUT2D eigenvalue weighted by molar-refractivity contribution is 0.418. The molecule has 0 saturated carbocycles. The van der Waals surface area contributed by atoms with Crippen molar-refractivity contribution in [3.05, 3.63) is 29.6 Å². The average Bonchev–Trinajstić information content (AvgIpc) is 2.26. The van der Waals surface area contributed by atoms with E-state index in [0.29, 0.717) is 5.56 Å².